The van der Waals surface area contributed by atoms with Gasteiger partial charge in [0.1, 0.15) is 18.4 Å². The second kappa shape index (κ2) is 4.86. The highest BCUT2D eigenvalue weighted by Crippen LogP contribution is 2.25. The molecule has 4 nitrogen and oxygen atoms in total. The summed E-state index contributed by atoms with van der Waals surface area (Å²) in [6.45, 7) is 1.31. The number of nitrogens with zero attached hydrogens (tertiary/aromatic N) is 1. The Bertz CT molecular complexity index is 406. The van der Waals surface area contributed by atoms with E-state index in [1.807, 2.05) is 6.07 Å². The van der Waals surface area contributed by atoms with Crippen molar-refractivity contribution in [1.82, 2.24) is 0 Å². The van der Waals surface area contributed by atoms with Gasteiger partial charge in [0, 0.05) is 6.61 Å². The SMILES string of the molecule is N#Cc1cccc(OCC2CCCO2)c1N. The highest BCUT2D eigenvalue weighted by molar-refractivity contribution is 5.62. The first-order chi connectivity index (χ1) is 7.81. The molecule has 1 aliphatic heterocycles. The smallest absolute Gasteiger partial charge is 0.143 e. The Labute approximate surface area is 94.6 Å². The fraction of sp³-hybridized carbons (Fsp3) is 0.417. The average molecular weight is 218 g/mol. The Morgan fingerprint density at radius 2 is 2.44 bits per heavy atom. The summed E-state index contributed by atoms with van der Waals surface area (Å²) in [6.07, 6.45) is 2.27. The lowest BCUT2D eigenvalue weighted by atomic mass is 10.2. The molecular formula is C12H14N2O2. The van der Waals surface area contributed by atoms with Crippen LogP contribution >= 0.6 is 0 Å². The zero-order valence-electron chi connectivity index (χ0n) is 8.98. The Morgan fingerprint density at radius 3 is 3.12 bits per heavy atom. The molecule has 1 aliphatic rings. The summed E-state index contributed by atoms with van der Waals surface area (Å²) in [7, 11) is 0. The average Bonchev–Trinajstić information content (AvgIpc) is 2.81. The van der Waals surface area contributed by atoms with Crippen molar-refractivity contribution in [2.75, 3.05) is 18.9 Å². The van der Waals surface area contributed by atoms with E-state index in [-0.39, 0.29) is 6.10 Å². The lowest BCUT2D eigenvalue weighted by molar-refractivity contribution is 0.0682. The van der Waals surface area contributed by atoms with Crippen molar-refractivity contribution in [3.8, 4) is 11.8 Å². The Kier molecular flexibility index (Phi) is 3.28. The number of hydrogen-bond donors (Lipinski definition) is 1. The Hall–Kier alpha value is -1.73. The fourth-order valence-corrected chi connectivity index (χ4v) is 1.73. The first-order valence-electron chi connectivity index (χ1n) is 5.34. The highest BCUT2D eigenvalue weighted by Gasteiger charge is 2.16. The van der Waals surface area contributed by atoms with Crippen LogP contribution in [0.1, 0.15) is 18.4 Å². The predicted molar refractivity (Wildman–Crippen MR) is 60.0 cm³/mol. The number of hydrogen-bond acceptors (Lipinski definition) is 4. The van der Waals surface area contributed by atoms with Crippen LogP contribution in [0.15, 0.2) is 18.2 Å². The van der Waals surface area contributed by atoms with E-state index in [9.17, 15) is 0 Å². The minimum absolute atomic E-state index is 0.158. The van der Waals surface area contributed by atoms with E-state index in [0.29, 0.717) is 23.6 Å². The number of anilines is 1. The standard InChI is InChI=1S/C12H14N2O2/c13-7-9-3-1-5-11(12(9)14)16-8-10-4-2-6-15-10/h1,3,5,10H,2,4,6,8,14H2. The van der Waals surface area contributed by atoms with Crippen molar-refractivity contribution in [1.29, 1.82) is 5.26 Å². The van der Waals surface area contributed by atoms with Gasteiger partial charge in [0.2, 0.25) is 0 Å². The molecule has 1 heterocycles. The van der Waals surface area contributed by atoms with Crippen LogP contribution in [0.5, 0.6) is 5.75 Å². The molecule has 0 aliphatic carbocycles. The molecular weight excluding hydrogens is 204 g/mol. The molecule has 0 spiro atoms. The van der Waals surface area contributed by atoms with Crippen molar-refractivity contribution >= 4 is 5.69 Å². The second-order valence-electron chi connectivity index (χ2n) is 3.78. The minimum Gasteiger partial charge on any atom is -0.489 e. The maximum absolute atomic E-state index is 8.81. The molecule has 1 fully saturated rings. The van der Waals surface area contributed by atoms with Crippen LogP contribution < -0.4 is 10.5 Å². The van der Waals surface area contributed by atoms with Crippen molar-refractivity contribution in [3.05, 3.63) is 23.8 Å². The van der Waals surface area contributed by atoms with E-state index >= 15 is 0 Å². The zero-order valence-corrected chi connectivity index (χ0v) is 8.98. The molecule has 1 atom stereocenters. The molecule has 1 aromatic carbocycles. The third-order valence-corrected chi connectivity index (χ3v) is 2.64. The molecule has 0 aromatic heterocycles. The van der Waals surface area contributed by atoms with Crippen molar-refractivity contribution in [2.24, 2.45) is 0 Å². The van der Waals surface area contributed by atoms with Gasteiger partial charge in [-0.3, -0.25) is 0 Å². The monoisotopic (exact) mass is 218 g/mol. The summed E-state index contributed by atoms with van der Waals surface area (Å²) in [5.74, 6) is 0.564. The van der Waals surface area contributed by atoms with Crippen LogP contribution in [0.25, 0.3) is 0 Å². The third kappa shape index (κ3) is 2.26. The van der Waals surface area contributed by atoms with Crippen LogP contribution in [0, 0.1) is 11.3 Å². The van der Waals surface area contributed by atoms with Gasteiger partial charge in [0.15, 0.2) is 0 Å². The summed E-state index contributed by atoms with van der Waals surface area (Å²) in [5.41, 5.74) is 6.64. The van der Waals surface area contributed by atoms with Gasteiger partial charge < -0.3 is 15.2 Å². The summed E-state index contributed by atoms with van der Waals surface area (Å²) < 4.78 is 11.0. The number of nitrogens with two attached hydrogens (primary N) is 1. The molecule has 2 N–H and O–H groups in total. The van der Waals surface area contributed by atoms with Gasteiger partial charge in [-0.15, -0.1) is 0 Å². The first kappa shape index (κ1) is 10.8. The topological polar surface area (TPSA) is 68.3 Å². The summed E-state index contributed by atoms with van der Waals surface area (Å²) in [4.78, 5) is 0. The number of nitriles is 1. The normalized spacial score (nSPS) is 19.3. The van der Waals surface area contributed by atoms with Gasteiger partial charge in [-0.05, 0) is 25.0 Å². The summed E-state index contributed by atoms with van der Waals surface area (Å²) in [5, 5.41) is 8.81. The number of para-hydroxylation sites is 1. The van der Waals surface area contributed by atoms with Gasteiger partial charge in [-0.2, -0.15) is 5.26 Å². The molecule has 0 saturated carbocycles. The Balaban J connectivity index is 2.01. The quantitative estimate of drug-likeness (QED) is 0.784. The van der Waals surface area contributed by atoms with E-state index in [1.165, 1.54) is 0 Å². The van der Waals surface area contributed by atoms with Crippen molar-refractivity contribution < 1.29 is 9.47 Å². The molecule has 0 amide bonds. The van der Waals surface area contributed by atoms with Gasteiger partial charge in [0.25, 0.3) is 0 Å². The summed E-state index contributed by atoms with van der Waals surface area (Å²) >= 11 is 0. The van der Waals surface area contributed by atoms with Gasteiger partial charge in [-0.1, -0.05) is 6.07 Å². The van der Waals surface area contributed by atoms with E-state index < -0.39 is 0 Å². The fourth-order valence-electron chi connectivity index (χ4n) is 1.73. The maximum Gasteiger partial charge on any atom is 0.143 e. The van der Waals surface area contributed by atoms with Crippen LogP contribution in [-0.4, -0.2) is 19.3 Å². The van der Waals surface area contributed by atoms with Crippen LogP contribution in [0.3, 0.4) is 0 Å². The first-order valence-corrected chi connectivity index (χ1v) is 5.34. The van der Waals surface area contributed by atoms with Crippen LogP contribution in [-0.2, 0) is 4.74 Å². The lowest BCUT2D eigenvalue weighted by Gasteiger charge is -2.13. The third-order valence-electron chi connectivity index (χ3n) is 2.64. The van der Waals surface area contributed by atoms with Gasteiger partial charge in [-0.25, -0.2) is 0 Å². The minimum atomic E-state index is 0.158. The van der Waals surface area contributed by atoms with E-state index in [2.05, 4.69) is 0 Å². The van der Waals surface area contributed by atoms with Gasteiger partial charge in [0.05, 0.1) is 17.4 Å². The molecule has 4 heteroatoms. The second-order valence-corrected chi connectivity index (χ2v) is 3.78. The molecule has 1 aromatic rings. The zero-order chi connectivity index (χ0) is 11.4. The van der Waals surface area contributed by atoms with E-state index in [0.717, 1.165) is 19.4 Å². The van der Waals surface area contributed by atoms with Crippen molar-refractivity contribution in [2.45, 2.75) is 18.9 Å². The molecule has 1 saturated heterocycles. The van der Waals surface area contributed by atoms with E-state index in [1.54, 1.807) is 18.2 Å². The molecule has 2 rings (SSSR count). The molecule has 0 bridgehead atoms. The number of benzene rings is 1. The van der Waals surface area contributed by atoms with Crippen LogP contribution in [0.2, 0.25) is 0 Å². The molecule has 0 radical (unpaired) electrons. The number of nitrogen functional groups attached to an aromatic ring is 1. The van der Waals surface area contributed by atoms with Crippen LogP contribution in [0.4, 0.5) is 5.69 Å². The largest absolute Gasteiger partial charge is 0.489 e. The Morgan fingerprint density at radius 1 is 1.56 bits per heavy atom. The van der Waals surface area contributed by atoms with Crippen molar-refractivity contribution in [3.63, 3.8) is 0 Å². The molecule has 16 heavy (non-hydrogen) atoms. The lowest BCUT2D eigenvalue weighted by Crippen LogP contribution is -2.16. The molecule has 1 unspecified atom stereocenters. The molecule has 84 valence electrons. The predicted octanol–water partition coefficient (Wildman–Crippen LogP) is 1.70. The maximum atomic E-state index is 8.81. The van der Waals surface area contributed by atoms with E-state index in [4.69, 9.17) is 20.5 Å². The van der Waals surface area contributed by atoms with Gasteiger partial charge >= 0.3 is 0 Å². The number of ether oxygens (including phenoxy) is 2. The summed E-state index contributed by atoms with van der Waals surface area (Å²) in [6, 6.07) is 7.23. The number of rotatable bonds is 3. The highest BCUT2D eigenvalue weighted by atomic mass is 16.5.